The molecule has 0 amide bonds. The van der Waals surface area contributed by atoms with Gasteiger partial charge in [-0.1, -0.05) is 37.7 Å². The first kappa shape index (κ1) is 14.2. The molecule has 4 heteroatoms. The van der Waals surface area contributed by atoms with E-state index in [1.807, 2.05) is 18.2 Å². The average molecular weight is 280 g/mol. The Hall–Kier alpha value is -2.25. The molecule has 1 aromatic heterocycles. The first-order valence-electron chi connectivity index (χ1n) is 6.41. The summed E-state index contributed by atoms with van der Waals surface area (Å²) < 4.78 is 0. The van der Waals surface area contributed by atoms with Gasteiger partial charge in [-0.3, -0.25) is 4.79 Å². The van der Waals surface area contributed by atoms with Crippen LogP contribution < -0.4 is 0 Å². The predicted molar refractivity (Wildman–Crippen MR) is 82.1 cm³/mol. The van der Waals surface area contributed by atoms with Gasteiger partial charge >= 0.3 is 0 Å². The van der Waals surface area contributed by atoms with Crippen LogP contribution >= 0.6 is 0 Å². The van der Waals surface area contributed by atoms with Crippen molar-refractivity contribution in [2.75, 3.05) is 0 Å². The molecule has 0 spiro atoms. The number of hydrogen-bond donors (Lipinski definition) is 0. The van der Waals surface area contributed by atoms with Gasteiger partial charge in [-0.25, -0.2) is 9.97 Å². The second kappa shape index (κ2) is 5.80. The van der Waals surface area contributed by atoms with Crippen molar-refractivity contribution in [3.05, 3.63) is 59.7 Å². The molecule has 0 aliphatic heterocycles. The van der Waals surface area contributed by atoms with Crippen molar-refractivity contribution in [1.29, 1.82) is 0 Å². The molecule has 0 fully saturated rings. The Bertz CT molecular complexity index is 679. The fourth-order valence-electron chi connectivity index (χ4n) is 1.58. The zero-order chi connectivity index (χ0) is 14.6. The van der Waals surface area contributed by atoms with Crippen molar-refractivity contribution >= 4 is 13.9 Å². The molecule has 1 heterocycles. The summed E-state index contributed by atoms with van der Waals surface area (Å²) in [4.78, 5) is 20.4. The Labute approximate surface area is 120 Å². The topological polar surface area (TPSA) is 42.9 Å². The maximum atomic E-state index is 12.4. The van der Waals surface area contributed by atoms with Gasteiger partial charge in [0.1, 0.15) is 8.07 Å². The maximum absolute atomic E-state index is 12.4. The molecule has 2 rings (SSSR count). The number of rotatable bonds is 2. The molecule has 2 aromatic rings. The van der Waals surface area contributed by atoms with Gasteiger partial charge in [0.15, 0.2) is 0 Å². The van der Waals surface area contributed by atoms with E-state index in [2.05, 4.69) is 41.1 Å². The Morgan fingerprint density at radius 1 is 1.05 bits per heavy atom. The third-order valence-electron chi connectivity index (χ3n) is 2.51. The smallest absolute Gasteiger partial charge is 0.231 e. The summed E-state index contributed by atoms with van der Waals surface area (Å²) in [6.45, 7) is 6.51. The minimum absolute atomic E-state index is 0.189. The minimum Gasteiger partial charge on any atom is -0.285 e. The van der Waals surface area contributed by atoms with Crippen molar-refractivity contribution in [3.63, 3.8) is 0 Å². The van der Waals surface area contributed by atoms with Crippen LogP contribution in [-0.4, -0.2) is 23.8 Å². The van der Waals surface area contributed by atoms with Crippen molar-refractivity contribution in [2.45, 2.75) is 19.6 Å². The molecule has 0 aliphatic rings. The highest BCUT2D eigenvalue weighted by Crippen LogP contribution is 2.12. The number of benzene rings is 1. The Kier molecular flexibility index (Phi) is 4.11. The fraction of sp³-hybridized carbons (Fsp3) is 0.188. The lowest BCUT2D eigenvalue weighted by atomic mass is 10.0. The number of carbonyl (C=O) groups is 1. The van der Waals surface area contributed by atoms with Gasteiger partial charge in [0, 0.05) is 23.5 Å². The first-order chi connectivity index (χ1) is 9.47. The van der Waals surface area contributed by atoms with Gasteiger partial charge in [0.05, 0.1) is 0 Å². The van der Waals surface area contributed by atoms with Crippen LogP contribution in [0.15, 0.2) is 42.7 Å². The number of hydrogen-bond acceptors (Lipinski definition) is 3. The van der Waals surface area contributed by atoms with Crippen molar-refractivity contribution in [2.24, 2.45) is 0 Å². The molecule has 0 saturated heterocycles. The van der Waals surface area contributed by atoms with Gasteiger partial charge in [-0.15, -0.1) is 5.54 Å². The van der Waals surface area contributed by atoms with Crippen LogP contribution in [0.2, 0.25) is 19.6 Å². The van der Waals surface area contributed by atoms with E-state index >= 15 is 0 Å². The molecule has 0 radical (unpaired) electrons. The second-order valence-electron chi connectivity index (χ2n) is 5.45. The number of carbonyl (C=O) groups excluding carboxylic acids is 1. The molecule has 1 aromatic carbocycles. The molecule has 0 unspecified atom stereocenters. The van der Waals surface area contributed by atoms with Gasteiger partial charge in [-0.2, -0.15) is 0 Å². The summed E-state index contributed by atoms with van der Waals surface area (Å²) in [5.41, 5.74) is 4.58. The molecule has 3 nitrogen and oxygen atoms in total. The van der Waals surface area contributed by atoms with Gasteiger partial charge < -0.3 is 0 Å². The summed E-state index contributed by atoms with van der Waals surface area (Å²) >= 11 is 0. The second-order valence-corrected chi connectivity index (χ2v) is 10.2. The lowest BCUT2D eigenvalue weighted by molar-refractivity contribution is 0.102. The van der Waals surface area contributed by atoms with Crippen molar-refractivity contribution in [1.82, 2.24) is 9.97 Å². The van der Waals surface area contributed by atoms with Gasteiger partial charge in [0.2, 0.25) is 11.6 Å². The van der Waals surface area contributed by atoms with E-state index in [0.717, 1.165) is 5.56 Å². The van der Waals surface area contributed by atoms with Crippen LogP contribution in [0.3, 0.4) is 0 Å². The zero-order valence-electron chi connectivity index (χ0n) is 11.8. The summed E-state index contributed by atoms with van der Waals surface area (Å²) in [5, 5.41) is 0. The highest BCUT2D eigenvalue weighted by atomic mass is 28.3. The van der Waals surface area contributed by atoms with Crippen LogP contribution in [0, 0.1) is 11.5 Å². The SMILES string of the molecule is C[Si](C)(C)C#Cc1ccccc1C(=O)c1ncccn1. The molecule has 0 saturated carbocycles. The Morgan fingerprint density at radius 3 is 2.35 bits per heavy atom. The van der Waals surface area contributed by atoms with Crippen LogP contribution in [0.4, 0.5) is 0 Å². The minimum atomic E-state index is -1.48. The largest absolute Gasteiger partial charge is 0.285 e. The first-order valence-corrected chi connectivity index (χ1v) is 9.91. The molecular weight excluding hydrogens is 264 g/mol. The van der Waals surface area contributed by atoms with Crippen molar-refractivity contribution < 1.29 is 4.79 Å². The van der Waals surface area contributed by atoms with E-state index in [1.165, 1.54) is 0 Å². The maximum Gasteiger partial charge on any atom is 0.231 e. The molecule has 100 valence electrons. The van der Waals surface area contributed by atoms with Crippen LogP contribution in [0.1, 0.15) is 21.7 Å². The summed E-state index contributed by atoms with van der Waals surface area (Å²) in [6.07, 6.45) is 3.13. The zero-order valence-corrected chi connectivity index (χ0v) is 12.8. The molecule has 20 heavy (non-hydrogen) atoms. The molecule has 0 aliphatic carbocycles. The number of aromatic nitrogens is 2. The molecule has 0 atom stereocenters. The molecule has 0 bridgehead atoms. The predicted octanol–water partition coefficient (Wildman–Crippen LogP) is 2.94. The van der Waals surface area contributed by atoms with Crippen molar-refractivity contribution in [3.8, 4) is 11.5 Å². The highest BCUT2D eigenvalue weighted by molar-refractivity contribution is 6.83. The normalized spacial score (nSPS) is 10.6. The van der Waals surface area contributed by atoms with E-state index in [4.69, 9.17) is 0 Å². The average Bonchev–Trinajstić information content (AvgIpc) is 2.45. The van der Waals surface area contributed by atoms with Crippen LogP contribution in [0.25, 0.3) is 0 Å². The summed E-state index contributed by atoms with van der Waals surface area (Å²) in [6, 6.07) is 9.04. The molecule has 0 N–H and O–H groups in total. The van der Waals surface area contributed by atoms with E-state index in [0.29, 0.717) is 5.56 Å². The van der Waals surface area contributed by atoms with E-state index < -0.39 is 8.07 Å². The monoisotopic (exact) mass is 280 g/mol. The van der Waals surface area contributed by atoms with Gasteiger partial charge in [-0.05, 0) is 18.2 Å². The Balaban J connectivity index is 2.43. The lowest BCUT2D eigenvalue weighted by Gasteiger charge is -2.05. The third-order valence-corrected chi connectivity index (χ3v) is 3.39. The highest BCUT2D eigenvalue weighted by Gasteiger charge is 2.15. The van der Waals surface area contributed by atoms with E-state index in [-0.39, 0.29) is 11.6 Å². The van der Waals surface area contributed by atoms with Crippen LogP contribution in [-0.2, 0) is 0 Å². The molecular formula is C16H16N2OSi. The number of nitrogens with zero attached hydrogens (tertiary/aromatic N) is 2. The summed E-state index contributed by atoms with van der Waals surface area (Å²) in [5.74, 6) is 3.15. The van der Waals surface area contributed by atoms with Gasteiger partial charge in [0.25, 0.3) is 0 Å². The fourth-order valence-corrected chi connectivity index (χ4v) is 2.09. The van der Waals surface area contributed by atoms with E-state index in [9.17, 15) is 4.79 Å². The number of ketones is 1. The Morgan fingerprint density at radius 2 is 1.70 bits per heavy atom. The van der Waals surface area contributed by atoms with Crippen LogP contribution in [0.5, 0.6) is 0 Å². The third kappa shape index (κ3) is 3.62. The summed E-state index contributed by atoms with van der Waals surface area (Å²) in [7, 11) is -1.48. The lowest BCUT2D eigenvalue weighted by Crippen LogP contribution is -2.16. The van der Waals surface area contributed by atoms with E-state index in [1.54, 1.807) is 24.5 Å². The standard InChI is InChI=1S/C16H16N2OSi/c1-20(2,3)12-9-13-7-4-5-8-14(13)15(19)16-17-10-6-11-18-16/h4-8,10-11H,1-3H3. The quantitative estimate of drug-likeness (QED) is 0.482.